The average molecular weight is 219 g/mol. The summed E-state index contributed by atoms with van der Waals surface area (Å²) in [4.78, 5) is 6.31. The zero-order valence-electron chi connectivity index (χ0n) is 9.94. The first kappa shape index (κ1) is 12.5. The third-order valence-corrected chi connectivity index (χ3v) is 2.37. The molecule has 1 aromatic rings. The fourth-order valence-corrected chi connectivity index (χ4v) is 1.57. The summed E-state index contributed by atoms with van der Waals surface area (Å²) >= 11 is 0. The lowest BCUT2D eigenvalue weighted by atomic mass is 10.2. The predicted octanol–water partition coefficient (Wildman–Crippen LogP) is 1.47. The number of hydrogen-bond acceptors (Lipinski definition) is 4. The first-order valence-corrected chi connectivity index (χ1v) is 5.35. The fourth-order valence-electron chi connectivity index (χ4n) is 1.57. The van der Waals surface area contributed by atoms with Gasteiger partial charge in [-0.3, -0.25) is 0 Å². The monoisotopic (exact) mass is 219 g/mol. The fraction of sp³-hybridized carbons (Fsp3) is 0.500. The van der Waals surface area contributed by atoms with E-state index in [9.17, 15) is 0 Å². The molecular weight excluding hydrogens is 202 g/mol. The van der Waals surface area contributed by atoms with Gasteiger partial charge >= 0.3 is 0 Å². The summed E-state index contributed by atoms with van der Waals surface area (Å²) in [6.45, 7) is 6.46. The minimum Gasteiger partial charge on any atom is -0.395 e. The van der Waals surface area contributed by atoms with Crippen molar-refractivity contribution in [2.24, 2.45) is 0 Å². The normalized spacial score (nSPS) is 10.2. The van der Waals surface area contributed by atoms with Crippen molar-refractivity contribution in [2.75, 3.05) is 18.1 Å². The Morgan fingerprint density at radius 1 is 1.50 bits per heavy atom. The second-order valence-electron chi connectivity index (χ2n) is 3.95. The molecule has 86 valence electrons. The van der Waals surface area contributed by atoms with Gasteiger partial charge in [-0.05, 0) is 32.9 Å². The van der Waals surface area contributed by atoms with Gasteiger partial charge in [-0.2, -0.15) is 5.26 Å². The highest BCUT2D eigenvalue weighted by molar-refractivity contribution is 5.54. The average Bonchev–Trinajstić information content (AvgIpc) is 2.25. The van der Waals surface area contributed by atoms with Crippen LogP contribution in [0.25, 0.3) is 0 Å². The summed E-state index contributed by atoms with van der Waals surface area (Å²) in [6.07, 6.45) is 0. The van der Waals surface area contributed by atoms with Gasteiger partial charge in [0, 0.05) is 18.3 Å². The van der Waals surface area contributed by atoms with Crippen molar-refractivity contribution in [3.05, 3.63) is 23.4 Å². The molecule has 1 heterocycles. The van der Waals surface area contributed by atoms with Gasteiger partial charge in [-0.15, -0.1) is 0 Å². The second kappa shape index (κ2) is 5.47. The minimum atomic E-state index is 0.0542. The molecule has 1 rings (SSSR count). The highest BCUT2D eigenvalue weighted by Crippen LogP contribution is 2.19. The Labute approximate surface area is 96.2 Å². The van der Waals surface area contributed by atoms with E-state index in [2.05, 4.69) is 11.1 Å². The van der Waals surface area contributed by atoms with Crippen molar-refractivity contribution < 1.29 is 5.11 Å². The van der Waals surface area contributed by atoms with E-state index in [4.69, 9.17) is 10.4 Å². The number of nitriles is 1. The van der Waals surface area contributed by atoms with Crippen molar-refractivity contribution in [3.8, 4) is 6.07 Å². The molecule has 0 aliphatic carbocycles. The maximum absolute atomic E-state index is 9.03. The molecule has 0 bridgehead atoms. The number of aliphatic hydroxyl groups excluding tert-OH is 1. The Morgan fingerprint density at radius 2 is 2.19 bits per heavy atom. The number of aliphatic hydroxyl groups is 1. The van der Waals surface area contributed by atoms with E-state index in [1.807, 2.05) is 31.7 Å². The lowest BCUT2D eigenvalue weighted by Crippen LogP contribution is -2.34. The van der Waals surface area contributed by atoms with Gasteiger partial charge in [0.1, 0.15) is 11.9 Å². The smallest absolute Gasteiger partial charge is 0.147 e. The molecule has 1 N–H and O–H groups in total. The van der Waals surface area contributed by atoms with Crippen LogP contribution in [0.2, 0.25) is 0 Å². The summed E-state index contributed by atoms with van der Waals surface area (Å²) < 4.78 is 0. The molecule has 16 heavy (non-hydrogen) atoms. The molecule has 0 unspecified atom stereocenters. The molecule has 0 spiro atoms. The first-order chi connectivity index (χ1) is 7.60. The Morgan fingerprint density at radius 3 is 2.69 bits per heavy atom. The highest BCUT2D eigenvalue weighted by Gasteiger charge is 2.15. The van der Waals surface area contributed by atoms with E-state index in [0.717, 1.165) is 5.69 Å². The summed E-state index contributed by atoms with van der Waals surface area (Å²) in [6, 6.07) is 5.92. The largest absolute Gasteiger partial charge is 0.395 e. The van der Waals surface area contributed by atoms with E-state index in [1.54, 1.807) is 6.07 Å². The topological polar surface area (TPSA) is 60.2 Å². The molecule has 0 saturated heterocycles. The van der Waals surface area contributed by atoms with E-state index >= 15 is 0 Å². The SMILES string of the molecule is Cc1ccc(C#N)c(N(CCO)C(C)C)n1. The molecule has 0 radical (unpaired) electrons. The molecule has 0 atom stereocenters. The van der Waals surface area contributed by atoms with Crippen LogP contribution >= 0.6 is 0 Å². The number of pyridine rings is 1. The lowest BCUT2D eigenvalue weighted by Gasteiger charge is -2.28. The number of rotatable bonds is 4. The van der Waals surface area contributed by atoms with Crippen molar-refractivity contribution >= 4 is 5.82 Å². The third-order valence-electron chi connectivity index (χ3n) is 2.37. The molecule has 0 amide bonds. The third kappa shape index (κ3) is 2.71. The summed E-state index contributed by atoms with van der Waals surface area (Å²) in [7, 11) is 0. The number of aromatic nitrogens is 1. The van der Waals surface area contributed by atoms with Crippen LogP contribution in [0.1, 0.15) is 25.1 Å². The molecule has 4 nitrogen and oxygen atoms in total. The number of anilines is 1. The van der Waals surface area contributed by atoms with Crippen LogP contribution in [-0.2, 0) is 0 Å². The quantitative estimate of drug-likeness (QED) is 0.833. The van der Waals surface area contributed by atoms with E-state index in [0.29, 0.717) is 17.9 Å². The van der Waals surface area contributed by atoms with Crippen LogP contribution in [0.5, 0.6) is 0 Å². The van der Waals surface area contributed by atoms with E-state index in [-0.39, 0.29) is 12.6 Å². The number of hydrogen-bond donors (Lipinski definition) is 1. The van der Waals surface area contributed by atoms with Gasteiger partial charge in [-0.1, -0.05) is 0 Å². The molecule has 0 aromatic carbocycles. The molecule has 0 aliphatic heterocycles. The Bertz CT molecular complexity index is 396. The van der Waals surface area contributed by atoms with E-state index < -0.39 is 0 Å². The number of nitrogens with zero attached hydrogens (tertiary/aromatic N) is 3. The zero-order valence-corrected chi connectivity index (χ0v) is 9.94. The standard InChI is InChI=1S/C12H17N3O/c1-9(2)15(6-7-16)12-11(8-13)5-4-10(3)14-12/h4-5,9,16H,6-7H2,1-3H3. The van der Waals surface area contributed by atoms with Gasteiger partial charge in [-0.25, -0.2) is 4.98 Å². The van der Waals surface area contributed by atoms with Gasteiger partial charge in [0.25, 0.3) is 0 Å². The Balaban J connectivity index is 3.17. The summed E-state index contributed by atoms with van der Waals surface area (Å²) in [5.41, 5.74) is 1.42. The Hall–Kier alpha value is -1.60. The molecule has 0 saturated carbocycles. The molecule has 0 fully saturated rings. The lowest BCUT2D eigenvalue weighted by molar-refractivity contribution is 0.298. The maximum atomic E-state index is 9.03. The van der Waals surface area contributed by atoms with Gasteiger partial charge in [0.05, 0.1) is 12.2 Å². The van der Waals surface area contributed by atoms with Crippen LogP contribution in [0.15, 0.2) is 12.1 Å². The van der Waals surface area contributed by atoms with Crippen molar-refractivity contribution in [2.45, 2.75) is 26.8 Å². The molecule has 0 aliphatic rings. The maximum Gasteiger partial charge on any atom is 0.147 e. The van der Waals surface area contributed by atoms with Crippen molar-refractivity contribution in [3.63, 3.8) is 0 Å². The Kier molecular flexibility index (Phi) is 4.27. The minimum absolute atomic E-state index is 0.0542. The van der Waals surface area contributed by atoms with Crippen LogP contribution in [0.4, 0.5) is 5.82 Å². The van der Waals surface area contributed by atoms with Crippen molar-refractivity contribution in [1.82, 2.24) is 4.98 Å². The highest BCUT2D eigenvalue weighted by atomic mass is 16.3. The predicted molar refractivity (Wildman–Crippen MR) is 63.3 cm³/mol. The van der Waals surface area contributed by atoms with Crippen LogP contribution in [-0.4, -0.2) is 29.3 Å². The van der Waals surface area contributed by atoms with Gasteiger partial charge in [0.2, 0.25) is 0 Å². The number of aryl methyl sites for hydroxylation is 1. The first-order valence-electron chi connectivity index (χ1n) is 5.35. The summed E-state index contributed by atoms with van der Waals surface area (Å²) in [5.74, 6) is 0.659. The second-order valence-corrected chi connectivity index (χ2v) is 3.95. The van der Waals surface area contributed by atoms with Gasteiger partial charge < -0.3 is 10.0 Å². The van der Waals surface area contributed by atoms with E-state index in [1.165, 1.54) is 0 Å². The zero-order chi connectivity index (χ0) is 12.1. The van der Waals surface area contributed by atoms with Crippen LogP contribution in [0, 0.1) is 18.3 Å². The molecule has 1 aromatic heterocycles. The van der Waals surface area contributed by atoms with Crippen molar-refractivity contribution in [1.29, 1.82) is 5.26 Å². The van der Waals surface area contributed by atoms with Gasteiger partial charge in [0.15, 0.2) is 0 Å². The molecular formula is C12H17N3O. The molecule has 4 heteroatoms. The summed E-state index contributed by atoms with van der Waals surface area (Å²) in [5, 5.41) is 18.1. The van der Waals surface area contributed by atoms with Crippen LogP contribution in [0.3, 0.4) is 0 Å². The van der Waals surface area contributed by atoms with Crippen LogP contribution < -0.4 is 4.90 Å².